The normalized spacial score (nSPS) is 19.6. The number of ketones is 1. The van der Waals surface area contributed by atoms with Gasteiger partial charge in [-0.25, -0.2) is 0 Å². The van der Waals surface area contributed by atoms with Gasteiger partial charge in [-0.1, -0.05) is 0 Å². The fourth-order valence-corrected chi connectivity index (χ4v) is 2.14. The van der Waals surface area contributed by atoms with Crippen LogP contribution >= 0.6 is 0 Å². The summed E-state index contributed by atoms with van der Waals surface area (Å²) in [5, 5.41) is 4.25. The lowest BCUT2D eigenvalue weighted by atomic mass is 9.97. The van der Waals surface area contributed by atoms with Crippen molar-refractivity contribution in [3.05, 3.63) is 17.5 Å². The lowest BCUT2D eigenvalue weighted by Crippen LogP contribution is -2.26. The topological polar surface area (TPSA) is 61.2 Å². The molecule has 1 aromatic rings. The highest BCUT2D eigenvalue weighted by atomic mass is 16.5. The smallest absolute Gasteiger partial charge is 0.316 e. The quantitative estimate of drug-likeness (QED) is 0.574. The molecule has 2 rings (SSSR count). The zero-order valence-corrected chi connectivity index (χ0v) is 10.1. The van der Waals surface area contributed by atoms with Gasteiger partial charge in [-0.3, -0.25) is 14.3 Å². The Bertz CT molecular complexity index is 451. The highest BCUT2D eigenvalue weighted by molar-refractivity contribution is 6.07. The minimum Gasteiger partial charge on any atom is -0.465 e. The summed E-state index contributed by atoms with van der Waals surface area (Å²) in [4.78, 5) is 23.9. The van der Waals surface area contributed by atoms with Gasteiger partial charge in [0.1, 0.15) is 11.6 Å². The number of carbonyl (C=O) groups is 2. The molecule has 1 aromatic heterocycles. The minimum absolute atomic E-state index is 0.165. The van der Waals surface area contributed by atoms with Crippen LogP contribution in [0, 0.1) is 12.8 Å². The Morgan fingerprint density at radius 3 is 3.12 bits per heavy atom. The molecular weight excluding hydrogens is 220 g/mol. The van der Waals surface area contributed by atoms with Crippen LogP contribution in [0.2, 0.25) is 0 Å². The Labute approximate surface area is 99.8 Å². The van der Waals surface area contributed by atoms with Crippen molar-refractivity contribution >= 4 is 11.8 Å². The monoisotopic (exact) mass is 236 g/mol. The second-order valence-corrected chi connectivity index (χ2v) is 4.21. The van der Waals surface area contributed by atoms with Gasteiger partial charge in [0.05, 0.1) is 12.3 Å². The molecule has 1 atom stereocenters. The summed E-state index contributed by atoms with van der Waals surface area (Å²) >= 11 is 0. The number of nitrogens with zero attached hydrogens (tertiary/aromatic N) is 2. The fourth-order valence-electron chi connectivity index (χ4n) is 2.14. The average molecular weight is 236 g/mol. The number of rotatable bonds is 2. The van der Waals surface area contributed by atoms with Gasteiger partial charge in [-0.15, -0.1) is 0 Å². The SMILES string of the molecule is CCOC(=O)C1CCCn2nc(C)cc2C1=O. The van der Waals surface area contributed by atoms with Gasteiger partial charge in [-0.05, 0) is 32.8 Å². The largest absolute Gasteiger partial charge is 0.465 e. The molecule has 1 aliphatic rings. The minimum atomic E-state index is -0.660. The Balaban J connectivity index is 2.28. The van der Waals surface area contributed by atoms with Crippen molar-refractivity contribution in [3.8, 4) is 0 Å². The first kappa shape index (κ1) is 11.8. The molecule has 0 radical (unpaired) electrons. The van der Waals surface area contributed by atoms with E-state index in [0.717, 1.165) is 12.1 Å². The highest BCUT2D eigenvalue weighted by Crippen LogP contribution is 2.21. The number of hydrogen-bond acceptors (Lipinski definition) is 4. The number of aryl methyl sites for hydroxylation is 2. The van der Waals surface area contributed by atoms with Crippen molar-refractivity contribution in [2.45, 2.75) is 33.2 Å². The molecule has 5 heteroatoms. The van der Waals surface area contributed by atoms with Crippen molar-refractivity contribution in [2.24, 2.45) is 5.92 Å². The molecule has 0 aromatic carbocycles. The molecule has 0 bridgehead atoms. The molecule has 0 saturated carbocycles. The van der Waals surface area contributed by atoms with Crippen molar-refractivity contribution in [3.63, 3.8) is 0 Å². The summed E-state index contributed by atoms with van der Waals surface area (Å²) in [6.07, 6.45) is 1.31. The van der Waals surface area contributed by atoms with Crippen LogP contribution in [0.5, 0.6) is 0 Å². The molecule has 2 heterocycles. The average Bonchev–Trinajstić information content (AvgIpc) is 2.58. The van der Waals surface area contributed by atoms with Gasteiger partial charge in [0.15, 0.2) is 5.78 Å². The Kier molecular flexibility index (Phi) is 3.26. The van der Waals surface area contributed by atoms with E-state index in [1.807, 2.05) is 6.92 Å². The van der Waals surface area contributed by atoms with Gasteiger partial charge in [0.25, 0.3) is 0 Å². The second kappa shape index (κ2) is 4.69. The van der Waals surface area contributed by atoms with Gasteiger partial charge in [0, 0.05) is 6.54 Å². The summed E-state index contributed by atoms with van der Waals surface area (Å²) in [5.41, 5.74) is 1.33. The number of carbonyl (C=O) groups excluding carboxylic acids is 2. The molecule has 0 fully saturated rings. The molecule has 1 unspecified atom stereocenters. The van der Waals surface area contributed by atoms with Gasteiger partial charge in [-0.2, -0.15) is 5.10 Å². The van der Waals surface area contributed by atoms with E-state index in [9.17, 15) is 9.59 Å². The molecule has 1 aliphatic heterocycles. The highest BCUT2D eigenvalue weighted by Gasteiger charge is 2.33. The van der Waals surface area contributed by atoms with Crippen LogP contribution in [0.3, 0.4) is 0 Å². The fraction of sp³-hybridized carbons (Fsp3) is 0.583. The van der Waals surface area contributed by atoms with Crippen LogP contribution in [0.1, 0.15) is 35.9 Å². The maximum Gasteiger partial charge on any atom is 0.316 e. The lowest BCUT2D eigenvalue weighted by molar-refractivity contribution is -0.146. The van der Waals surface area contributed by atoms with Gasteiger partial charge in [0.2, 0.25) is 0 Å². The summed E-state index contributed by atoms with van der Waals surface area (Å²) in [7, 11) is 0. The molecule has 0 saturated heterocycles. The number of ether oxygens (including phenoxy) is 1. The first-order chi connectivity index (χ1) is 8.13. The predicted molar refractivity (Wildman–Crippen MR) is 60.7 cm³/mol. The van der Waals surface area contributed by atoms with Crippen LogP contribution in [0.4, 0.5) is 0 Å². The van der Waals surface area contributed by atoms with E-state index in [1.165, 1.54) is 0 Å². The van der Waals surface area contributed by atoms with E-state index in [-0.39, 0.29) is 5.78 Å². The summed E-state index contributed by atoms with van der Waals surface area (Å²) in [6.45, 7) is 4.58. The molecule has 0 amide bonds. The van der Waals surface area contributed by atoms with Crippen LogP contribution in [-0.4, -0.2) is 28.1 Å². The number of Topliss-reactive ketones (excluding diaryl/α,β-unsaturated/α-hetero) is 1. The predicted octanol–water partition coefficient (Wildman–Crippen LogP) is 1.35. The van der Waals surface area contributed by atoms with Gasteiger partial charge < -0.3 is 4.74 Å². The number of fused-ring (bicyclic) bond motifs is 1. The molecule has 0 spiro atoms. The van der Waals surface area contributed by atoms with Crippen molar-refractivity contribution < 1.29 is 14.3 Å². The third-order valence-electron chi connectivity index (χ3n) is 2.90. The summed E-state index contributed by atoms with van der Waals surface area (Å²) < 4.78 is 6.63. The molecule has 92 valence electrons. The van der Waals surface area contributed by atoms with Crippen molar-refractivity contribution in [1.82, 2.24) is 9.78 Å². The third-order valence-corrected chi connectivity index (χ3v) is 2.90. The first-order valence-electron chi connectivity index (χ1n) is 5.88. The Hall–Kier alpha value is -1.65. The number of esters is 1. The van der Waals surface area contributed by atoms with Crippen molar-refractivity contribution in [1.29, 1.82) is 0 Å². The van der Waals surface area contributed by atoms with E-state index >= 15 is 0 Å². The first-order valence-corrected chi connectivity index (χ1v) is 5.88. The number of aromatic nitrogens is 2. The van der Waals surface area contributed by atoms with Crippen LogP contribution in [-0.2, 0) is 16.1 Å². The molecule has 5 nitrogen and oxygen atoms in total. The van der Waals surface area contributed by atoms with E-state index in [4.69, 9.17) is 4.74 Å². The standard InChI is InChI=1S/C12H16N2O3/c1-3-17-12(16)9-5-4-6-14-10(11(9)15)7-8(2)13-14/h7,9H,3-6H2,1-2H3. The molecule has 0 aliphatic carbocycles. The number of hydrogen-bond donors (Lipinski definition) is 0. The van der Waals surface area contributed by atoms with Crippen LogP contribution in [0.25, 0.3) is 0 Å². The van der Waals surface area contributed by atoms with Crippen molar-refractivity contribution in [2.75, 3.05) is 6.61 Å². The molecule has 0 N–H and O–H groups in total. The van der Waals surface area contributed by atoms with E-state index < -0.39 is 11.9 Å². The summed E-state index contributed by atoms with van der Waals surface area (Å²) in [5.74, 6) is -1.24. The maximum atomic E-state index is 12.2. The van der Waals surface area contributed by atoms with Crippen LogP contribution < -0.4 is 0 Å². The Morgan fingerprint density at radius 2 is 2.41 bits per heavy atom. The van der Waals surface area contributed by atoms with E-state index in [2.05, 4.69) is 5.10 Å². The zero-order valence-electron chi connectivity index (χ0n) is 10.1. The third kappa shape index (κ3) is 2.23. The molecular formula is C12H16N2O3. The van der Waals surface area contributed by atoms with Crippen LogP contribution in [0.15, 0.2) is 6.07 Å². The van der Waals surface area contributed by atoms with E-state index in [1.54, 1.807) is 17.7 Å². The second-order valence-electron chi connectivity index (χ2n) is 4.21. The zero-order chi connectivity index (χ0) is 12.4. The molecule has 17 heavy (non-hydrogen) atoms. The maximum absolute atomic E-state index is 12.2. The summed E-state index contributed by atoms with van der Waals surface area (Å²) in [6, 6.07) is 1.74. The van der Waals surface area contributed by atoms with E-state index in [0.29, 0.717) is 25.3 Å². The lowest BCUT2D eigenvalue weighted by Gasteiger charge is -2.10. The Morgan fingerprint density at radius 1 is 1.65 bits per heavy atom. The van der Waals surface area contributed by atoms with Gasteiger partial charge >= 0.3 is 5.97 Å².